The van der Waals surface area contributed by atoms with Crippen LogP contribution in [0.2, 0.25) is 0 Å². The SMILES string of the molecule is CCCCCCCCC(CCCCCCC)c1nc(N)n[nH]1. The molecule has 1 atom stereocenters. The summed E-state index contributed by atoms with van der Waals surface area (Å²) in [5.74, 6) is 1.90. The zero-order valence-electron chi connectivity index (χ0n) is 14.7. The van der Waals surface area contributed by atoms with Crippen LogP contribution >= 0.6 is 0 Å². The van der Waals surface area contributed by atoms with Crippen LogP contribution in [0.5, 0.6) is 0 Å². The maximum Gasteiger partial charge on any atom is 0.239 e. The van der Waals surface area contributed by atoms with Crippen LogP contribution < -0.4 is 5.73 Å². The molecule has 0 radical (unpaired) electrons. The number of H-pyrrole nitrogens is 1. The fourth-order valence-electron chi connectivity index (χ4n) is 3.05. The van der Waals surface area contributed by atoms with Crippen molar-refractivity contribution in [1.82, 2.24) is 15.2 Å². The summed E-state index contributed by atoms with van der Waals surface area (Å²) < 4.78 is 0. The van der Waals surface area contributed by atoms with Gasteiger partial charge < -0.3 is 5.73 Å². The van der Waals surface area contributed by atoms with E-state index in [0.29, 0.717) is 11.9 Å². The Morgan fingerprint density at radius 1 is 0.818 bits per heavy atom. The molecule has 1 aromatic heterocycles. The molecule has 4 heteroatoms. The summed E-state index contributed by atoms with van der Waals surface area (Å²) in [4.78, 5) is 4.37. The van der Waals surface area contributed by atoms with E-state index in [9.17, 15) is 0 Å². The molecule has 1 rings (SSSR count). The minimum Gasteiger partial charge on any atom is -0.367 e. The highest BCUT2D eigenvalue weighted by Gasteiger charge is 2.15. The first-order valence-electron chi connectivity index (χ1n) is 9.45. The second-order valence-electron chi connectivity index (χ2n) is 6.54. The smallest absolute Gasteiger partial charge is 0.239 e. The Morgan fingerprint density at radius 3 is 1.77 bits per heavy atom. The highest BCUT2D eigenvalue weighted by molar-refractivity contribution is 5.14. The first-order valence-corrected chi connectivity index (χ1v) is 9.45. The second kappa shape index (κ2) is 12.5. The molecule has 128 valence electrons. The van der Waals surface area contributed by atoms with E-state index in [1.807, 2.05) is 0 Å². The molecule has 0 aliphatic heterocycles. The van der Waals surface area contributed by atoms with Crippen molar-refractivity contribution in [3.05, 3.63) is 5.82 Å². The van der Waals surface area contributed by atoms with Crippen LogP contribution in [0.25, 0.3) is 0 Å². The van der Waals surface area contributed by atoms with Crippen molar-refractivity contribution in [2.75, 3.05) is 5.73 Å². The normalized spacial score (nSPS) is 12.6. The van der Waals surface area contributed by atoms with E-state index in [1.54, 1.807) is 0 Å². The van der Waals surface area contributed by atoms with Gasteiger partial charge in [-0.05, 0) is 12.8 Å². The summed E-state index contributed by atoms with van der Waals surface area (Å²) in [6.07, 6.45) is 17.2. The third-order valence-corrected chi connectivity index (χ3v) is 4.47. The number of rotatable bonds is 14. The molecular weight excluding hydrogens is 272 g/mol. The van der Waals surface area contributed by atoms with Crippen molar-refractivity contribution in [3.8, 4) is 0 Å². The van der Waals surface area contributed by atoms with E-state index in [-0.39, 0.29) is 0 Å². The highest BCUT2D eigenvalue weighted by atomic mass is 15.3. The van der Waals surface area contributed by atoms with Gasteiger partial charge in [-0.15, -0.1) is 5.10 Å². The Morgan fingerprint density at radius 2 is 1.32 bits per heavy atom. The van der Waals surface area contributed by atoms with Crippen molar-refractivity contribution in [2.24, 2.45) is 0 Å². The molecule has 0 aliphatic carbocycles. The largest absolute Gasteiger partial charge is 0.367 e. The van der Waals surface area contributed by atoms with Gasteiger partial charge in [0.15, 0.2) is 0 Å². The van der Waals surface area contributed by atoms with Crippen molar-refractivity contribution in [1.29, 1.82) is 0 Å². The van der Waals surface area contributed by atoms with Gasteiger partial charge in [0.2, 0.25) is 5.95 Å². The number of hydrogen-bond donors (Lipinski definition) is 2. The van der Waals surface area contributed by atoms with Gasteiger partial charge in [0.25, 0.3) is 0 Å². The van der Waals surface area contributed by atoms with E-state index >= 15 is 0 Å². The maximum atomic E-state index is 5.67. The van der Waals surface area contributed by atoms with Gasteiger partial charge in [-0.2, -0.15) is 4.98 Å². The number of nitrogens with two attached hydrogens (primary N) is 1. The van der Waals surface area contributed by atoms with Gasteiger partial charge in [-0.1, -0.05) is 84.5 Å². The van der Waals surface area contributed by atoms with Crippen LogP contribution in [0.15, 0.2) is 0 Å². The third kappa shape index (κ3) is 8.40. The number of nitrogens with zero attached hydrogens (tertiary/aromatic N) is 2. The lowest BCUT2D eigenvalue weighted by Crippen LogP contribution is -2.02. The lowest BCUT2D eigenvalue weighted by molar-refractivity contribution is 0.474. The van der Waals surface area contributed by atoms with Gasteiger partial charge in [0.1, 0.15) is 5.82 Å². The van der Waals surface area contributed by atoms with Crippen LogP contribution in [0.1, 0.15) is 109 Å². The number of anilines is 1. The number of hydrogen-bond acceptors (Lipinski definition) is 3. The molecule has 0 aromatic carbocycles. The fraction of sp³-hybridized carbons (Fsp3) is 0.889. The number of aromatic nitrogens is 3. The van der Waals surface area contributed by atoms with Crippen LogP contribution in [0.3, 0.4) is 0 Å². The number of nitrogens with one attached hydrogen (secondary N) is 1. The highest BCUT2D eigenvalue weighted by Crippen LogP contribution is 2.26. The van der Waals surface area contributed by atoms with Crippen molar-refractivity contribution in [3.63, 3.8) is 0 Å². The third-order valence-electron chi connectivity index (χ3n) is 4.47. The topological polar surface area (TPSA) is 67.6 Å². The molecule has 0 saturated carbocycles. The van der Waals surface area contributed by atoms with E-state index in [2.05, 4.69) is 29.0 Å². The predicted octanol–water partition coefficient (Wildman–Crippen LogP) is 5.58. The zero-order chi connectivity index (χ0) is 16.0. The predicted molar refractivity (Wildman–Crippen MR) is 94.9 cm³/mol. The molecule has 3 N–H and O–H groups in total. The molecule has 1 aromatic rings. The average molecular weight is 309 g/mol. The first kappa shape index (κ1) is 19.0. The monoisotopic (exact) mass is 308 g/mol. The van der Waals surface area contributed by atoms with Crippen LogP contribution in [0.4, 0.5) is 5.95 Å². The van der Waals surface area contributed by atoms with E-state index < -0.39 is 0 Å². The van der Waals surface area contributed by atoms with E-state index in [0.717, 1.165) is 5.82 Å². The minimum atomic E-state index is 0.383. The Hall–Kier alpha value is -1.06. The van der Waals surface area contributed by atoms with Crippen molar-refractivity contribution < 1.29 is 0 Å². The molecule has 0 spiro atoms. The summed E-state index contributed by atoms with van der Waals surface area (Å²) in [6, 6.07) is 0. The number of unbranched alkanes of at least 4 members (excludes halogenated alkanes) is 9. The zero-order valence-corrected chi connectivity index (χ0v) is 14.7. The van der Waals surface area contributed by atoms with Gasteiger partial charge in [0, 0.05) is 5.92 Å². The molecule has 1 unspecified atom stereocenters. The van der Waals surface area contributed by atoms with Crippen LogP contribution in [-0.2, 0) is 0 Å². The minimum absolute atomic E-state index is 0.383. The Labute approximate surface area is 136 Å². The van der Waals surface area contributed by atoms with E-state index in [1.165, 1.54) is 83.5 Å². The first-order chi connectivity index (χ1) is 10.8. The Balaban J connectivity index is 2.28. The van der Waals surface area contributed by atoms with Gasteiger partial charge in [-0.3, -0.25) is 5.10 Å². The maximum absolute atomic E-state index is 5.67. The molecule has 4 nitrogen and oxygen atoms in total. The fourth-order valence-corrected chi connectivity index (χ4v) is 3.05. The van der Waals surface area contributed by atoms with Crippen molar-refractivity contribution >= 4 is 5.95 Å². The molecule has 22 heavy (non-hydrogen) atoms. The van der Waals surface area contributed by atoms with Crippen LogP contribution in [-0.4, -0.2) is 15.2 Å². The molecule has 0 fully saturated rings. The Bertz CT molecular complexity index is 362. The molecule has 0 amide bonds. The van der Waals surface area contributed by atoms with Gasteiger partial charge in [-0.25, -0.2) is 0 Å². The molecule has 0 saturated heterocycles. The molecule has 0 bridgehead atoms. The lowest BCUT2D eigenvalue weighted by atomic mass is 9.93. The summed E-state index contributed by atoms with van der Waals surface area (Å²) in [6.45, 7) is 4.53. The van der Waals surface area contributed by atoms with Gasteiger partial charge >= 0.3 is 0 Å². The average Bonchev–Trinajstić information content (AvgIpc) is 2.94. The number of aromatic amines is 1. The van der Waals surface area contributed by atoms with Crippen LogP contribution in [0, 0.1) is 0 Å². The standard InChI is InChI=1S/C18H36N4/c1-3-5-7-9-11-13-15-16(14-12-10-8-6-4-2)17-20-18(19)22-21-17/h16H,3-15H2,1-2H3,(H3,19,20,21,22). The lowest BCUT2D eigenvalue weighted by Gasteiger charge is -2.14. The van der Waals surface area contributed by atoms with E-state index in [4.69, 9.17) is 5.73 Å². The summed E-state index contributed by atoms with van der Waals surface area (Å²) >= 11 is 0. The Kier molecular flexibility index (Phi) is 10.8. The molecule has 1 heterocycles. The summed E-state index contributed by atoms with van der Waals surface area (Å²) in [7, 11) is 0. The van der Waals surface area contributed by atoms with Crippen molar-refractivity contribution in [2.45, 2.75) is 103 Å². The number of nitrogen functional groups attached to an aromatic ring is 1. The second-order valence-corrected chi connectivity index (χ2v) is 6.54. The quantitative estimate of drug-likeness (QED) is 0.441. The molecule has 0 aliphatic rings. The summed E-state index contributed by atoms with van der Waals surface area (Å²) in [5.41, 5.74) is 5.67. The molecular formula is C18H36N4. The summed E-state index contributed by atoms with van der Waals surface area (Å²) in [5, 5.41) is 7.04. The van der Waals surface area contributed by atoms with Gasteiger partial charge in [0.05, 0.1) is 0 Å².